The SMILES string of the molecule is Cc1ccc(C)c(OCCCn2c(C(C)Oc3ccc(Cl)cc3)nc3ccccc32)c1. The zero-order valence-electron chi connectivity index (χ0n) is 18.1. The number of benzene rings is 3. The van der Waals surface area contributed by atoms with Gasteiger partial charge in [0.15, 0.2) is 11.9 Å². The van der Waals surface area contributed by atoms with Crippen molar-refractivity contribution >= 4 is 22.6 Å². The topological polar surface area (TPSA) is 36.3 Å². The summed E-state index contributed by atoms with van der Waals surface area (Å²) in [6.45, 7) is 7.63. The van der Waals surface area contributed by atoms with E-state index >= 15 is 0 Å². The van der Waals surface area contributed by atoms with E-state index in [2.05, 4.69) is 42.7 Å². The van der Waals surface area contributed by atoms with Gasteiger partial charge in [0.1, 0.15) is 11.5 Å². The largest absolute Gasteiger partial charge is 0.493 e. The molecule has 31 heavy (non-hydrogen) atoms. The third-order valence-electron chi connectivity index (χ3n) is 5.30. The van der Waals surface area contributed by atoms with Crippen LogP contribution in [0.15, 0.2) is 66.7 Å². The molecule has 0 aliphatic rings. The fourth-order valence-electron chi connectivity index (χ4n) is 3.68. The number of imidazole rings is 1. The molecule has 0 bridgehead atoms. The Morgan fingerprint density at radius 2 is 1.77 bits per heavy atom. The summed E-state index contributed by atoms with van der Waals surface area (Å²) >= 11 is 5.99. The number of para-hydroxylation sites is 2. The van der Waals surface area contributed by atoms with Crippen LogP contribution in [-0.4, -0.2) is 16.2 Å². The molecule has 0 fully saturated rings. The Morgan fingerprint density at radius 1 is 1.00 bits per heavy atom. The Balaban J connectivity index is 1.49. The molecule has 1 unspecified atom stereocenters. The average molecular weight is 435 g/mol. The van der Waals surface area contributed by atoms with E-state index in [0.717, 1.165) is 46.9 Å². The normalized spacial score (nSPS) is 12.1. The van der Waals surface area contributed by atoms with E-state index in [1.54, 1.807) is 0 Å². The van der Waals surface area contributed by atoms with Crippen LogP contribution in [-0.2, 0) is 6.54 Å². The highest BCUT2D eigenvalue weighted by atomic mass is 35.5. The Kier molecular flexibility index (Phi) is 6.47. The van der Waals surface area contributed by atoms with Crippen LogP contribution >= 0.6 is 11.6 Å². The average Bonchev–Trinajstić information content (AvgIpc) is 3.14. The molecular formula is C26H27ClN2O2. The van der Waals surface area contributed by atoms with Crippen LogP contribution in [0.25, 0.3) is 11.0 Å². The first-order chi connectivity index (χ1) is 15.0. The van der Waals surface area contributed by atoms with Crippen LogP contribution in [0, 0.1) is 13.8 Å². The molecule has 160 valence electrons. The molecule has 4 aromatic rings. The first-order valence-corrected chi connectivity index (χ1v) is 11.0. The molecule has 1 atom stereocenters. The van der Waals surface area contributed by atoms with Gasteiger partial charge in [-0.2, -0.15) is 0 Å². The summed E-state index contributed by atoms with van der Waals surface area (Å²) in [4.78, 5) is 4.86. The van der Waals surface area contributed by atoms with Gasteiger partial charge in [0.25, 0.3) is 0 Å². The van der Waals surface area contributed by atoms with E-state index < -0.39 is 0 Å². The van der Waals surface area contributed by atoms with Crippen LogP contribution in [0.4, 0.5) is 0 Å². The van der Waals surface area contributed by atoms with Crippen molar-refractivity contribution in [3.63, 3.8) is 0 Å². The molecule has 0 saturated heterocycles. The minimum atomic E-state index is -0.200. The van der Waals surface area contributed by atoms with Crippen LogP contribution in [0.5, 0.6) is 11.5 Å². The van der Waals surface area contributed by atoms with Crippen molar-refractivity contribution in [3.05, 3.63) is 88.7 Å². The molecule has 1 heterocycles. The van der Waals surface area contributed by atoms with Crippen LogP contribution in [0.1, 0.15) is 36.4 Å². The predicted octanol–water partition coefficient (Wildman–Crippen LogP) is 6.92. The van der Waals surface area contributed by atoms with Crippen molar-refractivity contribution in [2.24, 2.45) is 0 Å². The maximum atomic E-state index is 6.16. The molecule has 0 amide bonds. The maximum absolute atomic E-state index is 6.16. The number of rotatable bonds is 8. The van der Waals surface area contributed by atoms with Gasteiger partial charge in [-0.05, 0) is 80.8 Å². The van der Waals surface area contributed by atoms with Gasteiger partial charge >= 0.3 is 0 Å². The molecule has 0 aliphatic carbocycles. The van der Waals surface area contributed by atoms with Crippen molar-refractivity contribution in [3.8, 4) is 11.5 Å². The van der Waals surface area contributed by atoms with Gasteiger partial charge in [-0.3, -0.25) is 0 Å². The van der Waals surface area contributed by atoms with Gasteiger partial charge in [-0.15, -0.1) is 0 Å². The lowest BCUT2D eigenvalue weighted by Crippen LogP contribution is -2.13. The maximum Gasteiger partial charge on any atom is 0.153 e. The summed E-state index contributed by atoms with van der Waals surface area (Å²) in [5, 5.41) is 0.691. The van der Waals surface area contributed by atoms with Gasteiger partial charge in [0, 0.05) is 11.6 Å². The van der Waals surface area contributed by atoms with Crippen molar-refractivity contribution in [1.29, 1.82) is 0 Å². The number of hydrogen-bond acceptors (Lipinski definition) is 3. The molecule has 3 aromatic carbocycles. The van der Waals surface area contributed by atoms with Crippen molar-refractivity contribution in [1.82, 2.24) is 9.55 Å². The van der Waals surface area contributed by atoms with Crippen molar-refractivity contribution in [2.75, 3.05) is 6.61 Å². The quantitative estimate of drug-likeness (QED) is 0.282. The highest BCUT2D eigenvalue weighted by Crippen LogP contribution is 2.26. The smallest absolute Gasteiger partial charge is 0.153 e. The first kappa shape index (κ1) is 21.3. The number of halogens is 1. The lowest BCUT2D eigenvalue weighted by Gasteiger charge is -2.17. The number of aromatic nitrogens is 2. The number of aryl methyl sites for hydroxylation is 3. The van der Waals surface area contributed by atoms with Crippen molar-refractivity contribution < 1.29 is 9.47 Å². The zero-order chi connectivity index (χ0) is 21.8. The summed E-state index contributed by atoms with van der Waals surface area (Å²) in [5.74, 6) is 2.63. The molecule has 0 saturated carbocycles. The second kappa shape index (κ2) is 9.44. The van der Waals surface area contributed by atoms with E-state index in [-0.39, 0.29) is 6.10 Å². The predicted molar refractivity (Wildman–Crippen MR) is 126 cm³/mol. The summed E-state index contributed by atoms with van der Waals surface area (Å²) in [6.07, 6.45) is 0.669. The number of fused-ring (bicyclic) bond motifs is 1. The first-order valence-electron chi connectivity index (χ1n) is 10.6. The Labute approximate surface area is 188 Å². The lowest BCUT2D eigenvalue weighted by atomic mass is 10.1. The van der Waals surface area contributed by atoms with E-state index in [0.29, 0.717) is 11.6 Å². The molecule has 0 N–H and O–H groups in total. The van der Waals surface area contributed by atoms with Gasteiger partial charge in [-0.1, -0.05) is 35.9 Å². The third kappa shape index (κ3) is 5.02. The van der Waals surface area contributed by atoms with E-state index in [9.17, 15) is 0 Å². The highest BCUT2D eigenvalue weighted by Gasteiger charge is 2.18. The minimum absolute atomic E-state index is 0.200. The molecule has 5 heteroatoms. The summed E-state index contributed by atoms with van der Waals surface area (Å²) < 4.78 is 14.5. The lowest BCUT2D eigenvalue weighted by molar-refractivity contribution is 0.210. The Bertz CT molecular complexity index is 1170. The fourth-order valence-corrected chi connectivity index (χ4v) is 3.80. The van der Waals surface area contributed by atoms with Gasteiger partial charge < -0.3 is 14.0 Å². The van der Waals surface area contributed by atoms with Crippen LogP contribution in [0.3, 0.4) is 0 Å². The molecule has 0 aliphatic heterocycles. The minimum Gasteiger partial charge on any atom is -0.493 e. The van der Waals surface area contributed by atoms with E-state index in [1.165, 1.54) is 5.56 Å². The summed E-state index contributed by atoms with van der Waals surface area (Å²) in [7, 11) is 0. The second-order valence-corrected chi connectivity index (χ2v) is 8.23. The standard InChI is InChI=1S/C26H27ClN2O2/c1-18-9-10-19(2)25(17-18)30-16-6-15-29-24-8-5-4-7-23(24)28-26(29)20(3)31-22-13-11-21(27)12-14-22/h4-5,7-14,17,20H,6,15-16H2,1-3H3. The molecule has 4 rings (SSSR count). The third-order valence-corrected chi connectivity index (χ3v) is 5.55. The summed E-state index contributed by atoms with van der Waals surface area (Å²) in [6, 6.07) is 21.9. The fraction of sp³-hybridized carbons (Fsp3) is 0.269. The molecule has 1 aromatic heterocycles. The molecule has 0 radical (unpaired) electrons. The molecule has 0 spiro atoms. The van der Waals surface area contributed by atoms with Gasteiger partial charge in [0.05, 0.1) is 17.6 Å². The summed E-state index contributed by atoms with van der Waals surface area (Å²) in [5.41, 5.74) is 4.44. The number of ether oxygens (including phenoxy) is 2. The van der Waals surface area contributed by atoms with Crippen molar-refractivity contribution in [2.45, 2.75) is 39.8 Å². The van der Waals surface area contributed by atoms with Gasteiger partial charge in [-0.25, -0.2) is 4.98 Å². The monoisotopic (exact) mass is 434 g/mol. The second-order valence-electron chi connectivity index (χ2n) is 7.80. The Morgan fingerprint density at radius 3 is 2.58 bits per heavy atom. The Hall–Kier alpha value is -2.98. The number of hydrogen-bond donors (Lipinski definition) is 0. The molecular weight excluding hydrogens is 408 g/mol. The van der Waals surface area contributed by atoms with Gasteiger partial charge in [0.2, 0.25) is 0 Å². The van der Waals surface area contributed by atoms with E-state index in [4.69, 9.17) is 26.1 Å². The number of nitrogens with zero attached hydrogens (tertiary/aromatic N) is 2. The van der Waals surface area contributed by atoms with E-state index in [1.807, 2.05) is 49.4 Å². The molecule has 4 nitrogen and oxygen atoms in total. The van der Waals surface area contributed by atoms with Crippen LogP contribution < -0.4 is 9.47 Å². The van der Waals surface area contributed by atoms with Crippen LogP contribution in [0.2, 0.25) is 5.02 Å². The highest BCUT2D eigenvalue weighted by molar-refractivity contribution is 6.30. The zero-order valence-corrected chi connectivity index (χ0v) is 18.9.